The van der Waals surface area contributed by atoms with E-state index in [4.69, 9.17) is 10.00 Å². The molecule has 0 saturated carbocycles. The van der Waals surface area contributed by atoms with Gasteiger partial charge in [-0.2, -0.15) is 15.2 Å². The molecule has 1 saturated heterocycles. The number of aromatic amines is 1. The molecule has 8 nitrogen and oxygen atoms in total. The van der Waals surface area contributed by atoms with E-state index in [1.807, 2.05) is 18.3 Å². The Morgan fingerprint density at radius 3 is 2.44 bits per heavy atom. The first-order chi connectivity index (χ1) is 16.6. The predicted molar refractivity (Wildman–Crippen MR) is 133 cm³/mol. The third-order valence-corrected chi connectivity index (χ3v) is 6.23. The SMILES string of the molecule is COc1nc(Nc2ccc(CN3CCN(C)CC3)cc2)nc2[nH]cc(-c3ccc(C#N)cc3)c12. The van der Waals surface area contributed by atoms with Gasteiger partial charge in [0.15, 0.2) is 0 Å². The summed E-state index contributed by atoms with van der Waals surface area (Å²) in [5.41, 5.74) is 5.40. The number of aromatic nitrogens is 3. The molecule has 8 heteroatoms. The van der Waals surface area contributed by atoms with Crippen LogP contribution in [0.2, 0.25) is 0 Å². The number of nitriles is 1. The molecule has 1 fully saturated rings. The third kappa shape index (κ3) is 4.57. The minimum Gasteiger partial charge on any atom is -0.480 e. The van der Waals surface area contributed by atoms with Gasteiger partial charge in [-0.05, 0) is 42.4 Å². The first-order valence-corrected chi connectivity index (χ1v) is 11.3. The van der Waals surface area contributed by atoms with Gasteiger partial charge in [0.25, 0.3) is 0 Å². The number of nitrogens with one attached hydrogen (secondary N) is 2. The van der Waals surface area contributed by atoms with Crippen LogP contribution in [0, 0.1) is 11.3 Å². The second-order valence-corrected chi connectivity index (χ2v) is 8.57. The zero-order valence-corrected chi connectivity index (χ0v) is 19.4. The van der Waals surface area contributed by atoms with Gasteiger partial charge in [-0.1, -0.05) is 24.3 Å². The van der Waals surface area contributed by atoms with Gasteiger partial charge in [-0.3, -0.25) is 4.90 Å². The zero-order valence-electron chi connectivity index (χ0n) is 19.4. The van der Waals surface area contributed by atoms with Gasteiger partial charge in [0, 0.05) is 50.2 Å². The Balaban J connectivity index is 1.34. The highest BCUT2D eigenvalue weighted by Gasteiger charge is 2.17. The van der Waals surface area contributed by atoms with Crippen LogP contribution in [-0.4, -0.2) is 65.1 Å². The molecule has 0 spiro atoms. The lowest BCUT2D eigenvalue weighted by Crippen LogP contribution is -2.43. The van der Waals surface area contributed by atoms with Crippen molar-refractivity contribution in [3.63, 3.8) is 0 Å². The van der Waals surface area contributed by atoms with Gasteiger partial charge in [-0.15, -0.1) is 0 Å². The maximum absolute atomic E-state index is 9.06. The highest BCUT2D eigenvalue weighted by molar-refractivity contribution is 5.97. The summed E-state index contributed by atoms with van der Waals surface area (Å²) in [7, 11) is 3.78. The van der Waals surface area contributed by atoms with Crippen molar-refractivity contribution in [2.75, 3.05) is 45.7 Å². The standard InChI is InChI=1S/C26H27N7O/c1-32-11-13-33(14-12-32)17-19-5-9-21(10-6-19)29-26-30-24-23(25(31-26)34-2)22(16-28-24)20-7-3-18(15-27)4-8-20/h3-10,16H,11-14,17H2,1-2H3,(H2,28,29,30,31). The molecule has 5 rings (SSSR count). The van der Waals surface area contributed by atoms with Crippen molar-refractivity contribution >= 4 is 22.7 Å². The number of benzene rings is 2. The molecule has 4 aromatic rings. The fraction of sp³-hybridized carbons (Fsp3) is 0.269. The number of ether oxygens (including phenoxy) is 1. The number of rotatable bonds is 6. The van der Waals surface area contributed by atoms with Crippen molar-refractivity contribution in [1.29, 1.82) is 5.26 Å². The van der Waals surface area contributed by atoms with Crippen LogP contribution in [0.25, 0.3) is 22.2 Å². The normalized spacial score (nSPS) is 14.7. The molecule has 0 bridgehead atoms. The highest BCUT2D eigenvalue weighted by atomic mass is 16.5. The van der Waals surface area contributed by atoms with Gasteiger partial charge in [-0.25, -0.2) is 0 Å². The maximum atomic E-state index is 9.06. The van der Waals surface area contributed by atoms with Crippen molar-refractivity contribution in [3.8, 4) is 23.1 Å². The summed E-state index contributed by atoms with van der Waals surface area (Å²) in [6, 6.07) is 18.0. The van der Waals surface area contributed by atoms with Gasteiger partial charge in [0.2, 0.25) is 11.8 Å². The molecule has 0 atom stereocenters. The molecule has 2 N–H and O–H groups in total. The number of fused-ring (bicyclic) bond motifs is 1. The van der Waals surface area contributed by atoms with E-state index >= 15 is 0 Å². The first kappa shape index (κ1) is 21.9. The number of likely N-dealkylation sites (N-methyl/N-ethyl adjacent to an activating group) is 1. The largest absolute Gasteiger partial charge is 0.480 e. The Morgan fingerprint density at radius 1 is 1.03 bits per heavy atom. The summed E-state index contributed by atoms with van der Waals surface area (Å²) in [6.07, 6.45) is 1.89. The Kier molecular flexibility index (Phi) is 6.12. The van der Waals surface area contributed by atoms with Crippen LogP contribution in [0.1, 0.15) is 11.1 Å². The molecule has 3 heterocycles. The Morgan fingerprint density at radius 2 is 1.76 bits per heavy atom. The van der Waals surface area contributed by atoms with E-state index in [9.17, 15) is 0 Å². The van der Waals surface area contributed by atoms with Gasteiger partial charge >= 0.3 is 0 Å². The molecule has 0 unspecified atom stereocenters. The number of piperazine rings is 1. The number of H-pyrrole nitrogens is 1. The van der Waals surface area contributed by atoms with Crippen LogP contribution in [0.3, 0.4) is 0 Å². The summed E-state index contributed by atoms with van der Waals surface area (Å²) < 4.78 is 5.61. The topological polar surface area (TPSA) is 93.1 Å². The van der Waals surface area contributed by atoms with Crippen LogP contribution >= 0.6 is 0 Å². The smallest absolute Gasteiger partial charge is 0.232 e. The molecule has 2 aromatic heterocycles. The molecule has 0 amide bonds. The van der Waals surface area contributed by atoms with E-state index in [-0.39, 0.29) is 0 Å². The average Bonchev–Trinajstić information content (AvgIpc) is 3.30. The molecule has 2 aromatic carbocycles. The van der Waals surface area contributed by atoms with Gasteiger partial charge < -0.3 is 19.9 Å². The second-order valence-electron chi connectivity index (χ2n) is 8.57. The number of methoxy groups -OCH3 is 1. The van der Waals surface area contributed by atoms with Crippen molar-refractivity contribution in [3.05, 3.63) is 65.9 Å². The molecule has 172 valence electrons. The molecule has 34 heavy (non-hydrogen) atoms. The van der Waals surface area contributed by atoms with Crippen molar-refractivity contribution in [2.24, 2.45) is 0 Å². The summed E-state index contributed by atoms with van der Waals surface area (Å²) in [6.45, 7) is 5.40. The summed E-state index contributed by atoms with van der Waals surface area (Å²) in [4.78, 5) is 17.3. The summed E-state index contributed by atoms with van der Waals surface area (Å²) >= 11 is 0. The van der Waals surface area contributed by atoms with Crippen LogP contribution in [-0.2, 0) is 6.54 Å². The zero-order chi connectivity index (χ0) is 23.5. The van der Waals surface area contributed by atoms with E-state index in [0.717, 1.165) is 54.9 Å². The molecule has 0 aliphatic carbocycles. The average molecular weight is 454 g/mol. The quantitative estimate of drug-likeness (QED) is 0.456. The number of nitrogens with zero attached hydrogens (tertiary/aromatic N) is 5. The molecular weight excluding hydrogens is 426 g/mol. The van der Waals surface area contributed by atoms with Crippen molar-refractivity contribution in [1.82, 2.24) is 24.8 Å². The fourth-order valence-electron chi connectivity index (χ4n) is 4.24. The van der Waals surface area contributed by atoms with E-state index in [1.165, 1.54) is 5.56 Å². The minimum absolute atomic E-state index is 0.462. The summed E-state index contributed by atoms with van der Waals surface area (Å²) in [5.74, 6) is 0.948. The monoisotopic (exact) mass is 453 g/mol. The Bertz CT molecular complexity index is 1310. The van der Waals surface area contributed by atoms with E-state index in [1.54, 1.807) is 19.2 Å². The number of hydrogen-bond donors (Lipinski definition) is 2. The fourth-order valence-corrected chi connectivity index (χ4v) is 4.24. The first-order valence-electron chi connectivity index (χ1n) is 11.3. The Labute approximate surface area is 198 Å². The van der Waals surface area contributed by atoms with Gasteiger partial charge in [0.05, 0.1) is 24.1 Å². The van der Waals surface area contributed by atoms with Crippen LogP contribution in [0.15, 0.2) is 54.7 Å². The summed E-state index contributed by atoms with van der Waals surface area (Å²) in [5, 5.41) is 13.2. The maximum Gasteiger partial charge on any atom is 0.232 e. The van der Waals surface area contributed by atoms with Gasteiger partial charge in [0.1, 0.15) is 5.65 Å². The van der Waals surface area contributed by atoms with Crippen molar-refractivity contribution in [2.45, 2.75) is 6.54 Å². The Hall–Kier alpha value is -3.93. The lowest BCUT2D eigenvalue weighted by molar-refractivity contribution is 0.148. The van der Waals surface area contributed by atoms with Crippen molar-refractivity contribution < 1.29 is 4.74 Å². The van der Waals surface area contributed by atoms with E-state index < -0.39 is 0 Å². The van der Waals surface area contributed by atoms with Crippen LogP contribution in [0.5, 0.6) is 5.88 Å². The highest BCUT2D eigenvalue weighted by Crippen LogP contribution is 2.34. The molecule has 1 aliphatic heterocycles. The van der Waals surface area contributed by atoms with Crippen LogP contribution < -0.4 is 10.1 Å². The predicted octanol–water partition coefficient (Wildman–Crippen LogP) is 4.00. The number of hydrogen-bond acceptors (Lipinski definition) is 7. The van der Waals surface area contributed by atoms with Crippen LogP contribution in [0.4, 0.5) is 11.6 Å². The van der Waals surface area contributed by atoms with E-state index in [0.29, 0.717) is 23.0 Å². The minimum atomic E-state index is 0.462. The second kappa shape index (κ2) is 9.51. The van der Waals surface area contributed by atoms with E-state index in [2.05, 4.69) is 67.5 Å². The molecule has 1 aliphatic rings. The third-order valence-electron chi connectivity index (χ3n) is 6.23. The lowest BCUT2D eigenvalue weighted by Gasteiger charge is -2.32. The molecule has 0 radical (unpaired) electrons. The number of anilines is 2. The molecular formula is C26H27N7O. The lowest BCUT2D eigenvalue weighted by atomic mass is 10.0.